The molecule has 96 valence electrons. The Morgan fingerprint density at radius 1 is 1.28 bits per heavy atom. The highest BCUT2D eigenvalue weighted by atomic mass is 28.3. The van der Waals surface area contributed by atoms with Gasteiger partial charge in [0.15, 0.2) is 0 Å². The molecular weight excluding hydrogens is 236 g/mol. The van der Waals surface area contributed by atoms with Gasteiger partial charge in [0.1, 0.15) is 8.07 Å². The first-order chi connectivity index (χ1) is 8.28. The first kappa shape index (κ1) is 14.8. The Bertz CT molecular complexity index is 461. The van der Waals surface area contributed by atoms with Crippen LogP contribution in [0.25, 0.3) is 0 Å². The van der Waals surface area contributed by atoms with E-state index in [1.807, 2.05) is 37.3 Å². The lowest BCUT2D eigenvalue weighted by Crippen LogP contribution is -2.24. The van der Waals surface area contributed by atoms with Crippen LogP contribution in [-0.2, 0) is 0 Å². The summed E-state index contributed by atoms with van der Waals surface area (Å²) in [4.78, 5) is 0. The van der Waals surface area contributed by atoms with Crippen molar-refractivity contribution in [1.82, 2.24) is 0 Å². The first-order valence-corrected chi connectivity index (χ1v) is 9.69. The van der Waals surface area contributed by atoms with Crippen molar-refractivity contribution in [3.05, 3.63) is 48.6 Å². The smallest absolute Gasteiger partial charge is 0.129 e. The standard InChI is InChI=1S/C16H22OSi/c1-6-16(2,12-13-18(3,4)5)15(17)14-10-8-7-9-11-14/h6-11,15,17H,1H2,2-5H3. The lowest BCUT2D eigenvalue weighted by molar-refractivity contribution is 0.105. The Morgan fingerprint density at radius 2 is 1.83 bits per heavy atom. The van der Waals surface area contributed by atoms with E-state index < -0.39 is 19.6 Å². The summed E-state index contributed by atoms with van der Waals surface area (Å²) >= 11 is 0. The zero-order valence-corrected chi connectivity index (χ0v) is 12.7. The molecule has 0 aromatic heterocycles. The van der Waals surface area contributed by atoms with E-state index in [-0.39, 0.29) is 0 Å². The number of rotatable bonds is 3. The maximum Gasteiger partial charge on any atom is 0.129 e. The molecule has 0 spiro atoms. The minimum atomic E-state index is -1.45. The lowest BCUT2D eigenvalue weighted by atomic mass is 9.82. The molecule has 18 heavy (non-hydrogen) atoms. The summed E-state index contributed by atoms with van der Waals surface area (Å²) < 4.78 is 0. The molecule has 2 atom stereocenters. The Balaban J connectivity index is 3.08. The third-order valence-corrected chi connectivity index (χ3v) is 3.69. The van der Waals surface area contributed by atoms with Gasteiger partial charge in [-0.15, -0.1) is 12.1 Å². The van der Waals surface area contributed by atoms with Crippen molar-refractivity contribution in [2.45, 2.75) is 32.7 Å². The van der Waals surface area contributed by atoms with Crippen LogP contribution in [0.3, 0.4) is 0 Å². The molecule has 0 aliphatic rings. The quantitative estimate of drug-likeness (QED) is 0.497. The summed E-state index contributed by atoms with van der Waals surface area (Å²) in [6, 6.07) is 9.63. The van der Waals surface area contributed by atoms with E-state index in [2.05, 4.69) is 37.7 Å². The van der Waals surface area contributed by atoms with Gasteiger partial charge in [-0.25, -0.2) is 0 Å². The predicted molar refractivity (Wildman–Crippen MR) is 80.8 cm³/mol. The summed E-state index contributed by atoms with van der Waals surface area (Å²) in [6.07, 6.45) is 1.11. The molecule has 1 aromatic carbocycles. The molecule has 0 saturated carbocycles. The fourth-order valence-corrected chi connectivity index (χ4v) is 2.18. The van der Waals surface area contributed by atoms with Gasteiger partial charge in [0.25, 0.3) is 0 Å². The topological polar surface area (TPSA) is 20.2 Å². The van der Waals surface area contributed by atoms with Gasteiger partial charge in [0.05, 0.1) is 11.5 Å². The third kappa shape index (κ3) is 3.87. The van der Waals surface area contributed by atoms with Gasteiger partial charge >= 0.3 is 0 Å². The number of aliphatic hydroxyl groups excluding tert-OH is 1. The third-order valence-electron chi connectivity index (χ3n) is 2.81. The normalized spacial score (nSPS) is 16.1. The van der Waals surface area contributed by atoms with Gasteiger partial charge in [-0.1, -0.05) is 62.0 Å². The number of hydrogen-bond donors (Lipinski definition) is 1. The summed E-state index contributed by atoms with van der Waals surface area (Å²) in [5.74, 6) is 3.23. The van der Waals surface area contributed by atoms with Crippen molar-refractivity contribution in [2.75, 3.05) is 0 Å². The monoisotopic (exact) mass is 258 g/mol. The van der Waals surface area contributed by atoms with Gasteiger partial charge in [0.2, 0.25) is 0 Å². The van der Waals surface area contributed by atoms with Crippen molar-refractivity contribution in [1.29, 1.82) is 0 Å². The average Bonchev–Trinajstić information content (AvgIpc) is 2.35. The van der Waals surface area contributed by atoms with Crippen LogP contribution in [0.5, 0.6) is 0 Å². The Morgan fingerprint density at radius 3 is 2.28 bits per heavy atom. The molecule has 1 N–H and O–H groups in total. The zero-order chi connectivity index (χ0) is 13.8. The SMILES string of the molecule is C=CC(C)(C#C[Si](C)(C)C)C(O)c1ccccc1. The van der Waals surface area contributed by atoms with Crippen LogP contribution in [0, 0.1) is 16.9 Å². The second-order valence-corrected chi connectivity index (χ2v) is 10.6. The molecule has 2 unspecified atom stereocenters. The second kappa shape index (κ2) is 5.56. The van der Waals surface area contributed by atoms with Gasteiger partial charge < -0.3 is 5.11 Å². The predicted octanol–water partition coefficient (Wildman–Crippen LogP) is 3.79. The van der Waals surface area contributed by atoms with E-state index in [0.29, 0.717) is 0 Å². The Labute approximate surface area is 112 Å². The van der Waals surface area contributed by atoms with Gasteiger partial charge in [-0.2, -0.15) is 0 Å². The number of benzene rings is 1. The molecule has 0 aliphatic heterocycles. The van der Waals surface area contributed by atoms with Crippen molar-refractivity contribution >= 4 is 8.07 Å². The summed E-state index contributed by atoms with van der Waals surface area (Å²) in [6.45, 7) is 12.3. The highest BCUT2D eigenvalue weighted by Gasteiger charge is 2.29. The zero-order valence-electron chi connectivity index (χ0n) is 11.7. The summed E-state index contributed by atoms with van der Waals surface area (Å²) in [5.41, 5.74) is 3.61. The van der Waals surface area contributed by atoms with Crippen molar-refractivity contribution in [3.63, 3.8) is 0 Å². The van der Waals surface area contributed by atoms with Crippen LogP contribution in [0.2, 0.25) is 19.6 Å². The fourth-order valence-electron chi connectivity index (χ4n) is 1.53. The van der Waals surface area contributed by atoms with Gasteiger partial charge in [-0.3, -0.25) is 0 Å². The summed E-state index contributed by atoms with van der Waals surface area (Å²) in [7, 11) is -1.45. The Kier molecular flexibility index (Phi) is 4.56. The minimum Gasteiger partial charge on any atom is -0.386 e. The van der Waals surface area contributed by atoms with Crippen LogP contribution >= 0.6 is 0 Å². The number of aliphatic hydroxyl groups is 1. The molecule has 0 bridgehead atoms. The van der Waals surface area contributed by atoms with E-state index in [9.17, 15) is 5.11 Å². The average molecular weight is 258 g/mol. The van der Waals surface area contributed by atoms with Crippen molar-refractivity contribution in [3.8, 4) is 11.5 Å². The van der Waals surface area contributed by atoms with E-state index in [1.165, 1.54) is 0 Å². The van der Waals surface area contributed by atoms with E-state index in [1.54, 1.807) is 6.08 Å². The molecular formula is C16H22OSi. The molecule has 2 heteroatoms. The van der Waals surface area contributed by atoms with Crippen molar-refractivity contribution < 1.29 is 5.11 Å². The van der Waals surface area contributed by atoms with Crippen LogP contribution < -0.4 is 0 Å². The van der Waals surface area contributed by atoms with E-state index in [4.69, 9.17) is 0 Å². The maximum absolute atomic E-state index is 10.5. The minimum absolute atomic E-state index is 0.596. The second-order valence-electron chi connectivity index (χ2n) is 5.80. The molecule has 0 aliphatic carbocycles. The first-order valence-electron chi connectivity index (χ1n) is 6.19. The van der Waals surface area contributed by atoms with E-state index >= 15 is 0 Å². The summed E-state index contributed by atoms with van der Waals surface area (Å²) in [5, 5.41) is 10.5. The molecule has 0 heterocycles. The maximum atomic E-state index is 10.5. The van der Waals surface area contributed by atoms with Gasteiger partial charge in [0, 0.05) is 0 Å². The highest BCUT2D eigenvalue weighted by Crippen LogP contribution is 2.34. The fraction of sp³-hybridized carbons (Fsp3) is 0.375. The van der Waals surface area contributed by atoms with Crippen molar-refractivity contribution in [2.24, 2.45) is 5.41 Å². The lowest BCUT2D eigenvalue weighted by Gasteiger charge is -2.27. The van der Waals surface area contributed by atoms with E-state index in [0.717, 1.165) is 5.56 Å². The van der Waals surface area contributed by atoms with Crippen LogP contribution in [-0.4, -0.2) is 13.2 Å². The van der Waals surface area contributed by atoms with Crippen LogP contribution in [0.15, 0.2) is 43.0 Å². The van der Waals surface area contributed by atoms with Gasteiger partial charge in [-0.05, 0) is 12.5 Å². The Hall–Kier alpha value is -1.30. The number of hydrogen-bond acceptors (Lipinski definition) is 1. The molecule has 1 aromatic rings. The van der Waals surface area contributed by atoms with Crippen LogP contribution in [0.4, 0.5) is 0 Å². The van der Waals surface area contributed by atoms with Crippen LogP contribution in [0.1, 0.15) is 18.6 Å². The molecule has 0 fully saturated rings. The molecule has 0 radical (unpaired) electrons. The largest absolute Gasteiger partial charge is 0.386 e. The molecule has 1 nitrogen and oxygen atoms in total. The molecule has 0 saturated heterocycles. The molecule has 1 rings (SSSR count). The highest BCUT2D eigenvalue weighted by molar-refractivity contribution is 6.83. The molecule has 0 amide bonds.